The quantitative estimate of drug-likeness (QED) is 0.939. The minimum Gasteiger partial charge on any atom is -0.348 e. The van der Waals surface area contributed by atoms with E-state index in [-0.39, 0.29) is 17.8 Å². The summed E-state index contributed by atoms with van der Waals surface area (Å²) in [5.41, 5.74) is 2.60. The van der Waals surface area contributed by atoms with Gasteiger partial charge in [-0.25, -0.2) is 4.39 Å². The van der Waals surface area contributed by atoms with Crippen LogP contribution in [-0.4, -0.2) is 36.5 Å². The predicted molar refractivity (Wildman–Crippen MR) is 92.3 cm³/mol. The van der Waals surface area contributed by atoms with Gasteiger partial charge in [0.1, 0.15) is 5.82 Å². The first-order chi connectivity index (χ1) is 11.7. The van der Waals surface area contributed by atoms with Gasteiger partial charge in [-0.2, -0.15) is 0 Å². The van der Waals surface area contributed by atoms with Crippen molar-refractivity contribution in [2.45, 2.75) is 18.9 Å². The van der Waals surface area contributed by atoms with Gasteiger partial charge in [-0.05, 0) is 67.2 Å². The summed E-state index contributed by atoms with van der Waals surface area (Å²) in [6, 6.07) is 14.2. The number of fused-ring (bicyclic) bond motifs is 3. The molecule has 0 unspecified atom stereocenters. The van der Waals surface area contributed by atoms with Gasteiger partial charge in [-0.1, -0.05) is 24.3 Å². The minimum atomic E-state index is -0.243. The molecule has 2 bridgehead atoms. The number of rotatable bonds is 3. The van der Waals surface area contributed by atoms with Crippen molar-refractivity contribution < 1.29 is 9.18 Å². The number of carbonyl (C=O) groups is 1. The fraction of sp³-hybridized carbons (Fsp3) is 0.350. The predicted octanol–water partition coefficient (Wildman–Crippen LogP) is 3.32. The number of hydrogen-bond donors (Lipinski definition) is 1. The summed E-state index contributed by atoms with van der Waals surface area (Å²) in [4.78, 5) is 14.9. The van der Waals surface area contributed by atoms with E-state index in [4.69, 9.17) is 0 Å². The molecule has 124 valence electrons. The third-order valence-electron chi connectivity index (χ3n) is 5.30. The highest BCUT2D eigenvalue weighted by Crippen LogP contribution is 2.28. The number of nitrogens with zero attached hydrogens (tertiary/aromatic N) is 1. The highest BCUT2D eigenvalue weighted by Gasteiger charge is 2.34. The molecule has 2 aromatic carbocycles. The van der Waals surface area contributed by atoms with E-state index in [2.05, 4.69) is 10.2 Å². The highest BCUT2D eigenvalue weighted by atomic mass is 19.1. The Labute approximate surface area is 141 Å². The maximum atomic E-state index is 13.0. The van der Waals surface area contributed by atoms with Crippen LogP contribution in [0.5, 0.6) is 0 Å². The van der Waals surface area contributed by atoms with E-state index in [1.807, 2.05) is 24.3 Å². The van der Waals surface area contributed by atoms with Crippen LogP contribution >= 0.6 is 0 Å². The standard InChI is InChI=1S/C20H21FN2O/c21-18-7-5-15(6-8-18)14-1-3-17(4-2-14)20(24)22-19-13-23-11-9-16(19)10-12-23/h1-8,16,19H,9-13H2,(H,22,24)/t19-/m1/s1. The number of nitrogens with one attached hydrogen (secondary N) is 1. The first-order valence-corrected chi connectivity index (χ1v) is 8.58. The fourth-order valence-corrected chi connectivity index (χ4v) is 3.84. The van der Waals surface area contributed by atoms with Crippen LogP contribution in [0.2, 0.25) is 0 Å². The van der Waals surface area contributed by atoms with Crippen molar-refractivity contribution in [2.75, 3.05) is 19.6 Å². The topological polar surface area (TPSA) is 32.3 Å². The van der Waals surface area contributed by atoms with Crippen LogP contribution in [0.4, 0.5) is 4.39 Å². The molecule has 5 rings (SSSR count). The van der Waals surface area contributed by atoms with E-state index in [9.17, 15) is 9.18 Å². The van der Waals surface area contributed by atoms with Crippen LogP contribution in [0.3, 0.4) is 0 Å². The van der Waals surface area contributed by atoms with Gasteiger partial charge in [0.05, 0.1) is 0 Å². The van der Waals surface area contributed by atoms with Crippen LogP contribution in [0.25, 0.3) is 11.1 Å². The van der Waals surface area contributed by atoms with Crippen LogP contribution in [-0.2, 0) is 0 Å². The lowest BCUT2D eigenvalue weighted by molar-refractivity contribution is 0.0620. The van der Waals surface area contributed by atoms with Gasteiger partial charge in [-0.3, -0.25) is 4.79 Å². The number of benzene rings is 2. The van der Waals surface area contributed by atoms with Gasteiger partial charge in [0.25, 0.3) is 5.91 Å². The average molecular weight is 324 g/mol. The van der Waals surface area contributed by atoms with E-state index < -0.39 is 0 Å². The molecule has 2 aromatic rings. The summed E-state index contributed by atoms with van der Waals surface area (Å²) < 4.78 is 13.0. The van der Waals surface area contributed by atoms with Crippen LogP contribution in [0.1, 0.15) is 23.2 Å². The molecule has 3 heterocycles. The maximum absolute atomic E-state index is 13.0. The Kier molecular flexibility index (Phi) is 4.07. The van der Waals surface area contributed by atoms with Crippen molar-refractivity contribution >= 4 is 5.91 Å². The first-order valence-electron chi connectivity index (χ1n) is 8.58. The van der Waals surface area contributed by atoms with Crippen LogP contribution in [0, 0.1) is 11.7 Å². The molecule has 3 saturated heterocycles. The van der Waals surface area contributed by atoms with Gasteiger partial charge in [-0.15, -0.1) is 0 Å². The summed E-state index contributed by atoms with van der Waals surface area (Å²) in [6.07, 6.45) is 2.38. The Morgan fingerprint density at radius 1 is 0.958 bits per heavy atom. The molecule has 3 fully saturated rings. The molecule has 24 heavy (non-hydrogen) atoms. The van der Waals surface area contributed by atoms with Gasteiger partial charge in [0.15, 0.2) is 0 Å². The average Bonchev–Trinajstić information content (AvgIpc) is 2.63. The van der Waals surface area contributed by atoms with Gasteiger partial charge in [0, 0.05) is 18.2 Å². The largest absolute Gasteiger partial charge is 0.348 e. The van der Waals surface area contributed by atoms with Gasteiger partial charge >= 0.3 is 0 Å². The van der Waals surface area contributed by atoms with Gasteiger partial charge in [0.2, 0.25) is 0 Å². The van der Waals surface area contributed by atoms with E-state index in [0.29, 0.717) is 11.5 Å². The van der Waals surface area contributed by atoms with Crippen molar-refractivity contribution in [2.24, 2.45) is 5.92 Å². The smallest absolute Gasteiger partial charge is 0.251 e. The maximum Gasteiger partial charge on any atom is 0.251 e. The SMILES string of the molecule is O=C(N[C@@H]1CN2CCC1CC2)c1ccc(-c2ccc(F)cc2)cc1. The van der Waals surface area contributed by atoms with Crippen LogP contribution < -0.4 is 5.32 Å². The Hall–Kier alpha value is -2.20. The lowest BCUT2D eigenvalue weighted by atomic mass is 9.84. The molecule has 1 amide bonds. The first kappa shape index (κ1) is 15.3. The number of halogens is 1. The summed E-state index contributed by atoms with van der Waals surface area (Å²) in [6.45, 7) is 3.32. The zero-order valence-electron chi connectivity index (χ0n) is 13.5. The molecule has 0 aliphatic carbocycles. The number of carbonyl (C=O) groups excluding carboxylic acids is 1. The molecular formula is C20H21FN2O. The summed E-state index contributed by atoms with van der Waals surface area (Å²) in [5, 5.41) is 3.20. The molecule has 0 saturated carbocycles. The lowest BCUT2D eigenvalue weighted by Gasteiger charge is -2.44. The van der Waals surface area contributed by atoms with Gasteiger partial charge < -0.3 is 10.2 Å². The zero-order chi connectivity index (χ0) is 16.5. The van der Waals surface area contributed by atoms with E-state index in [1.54, 1.807) is 12.1 Å². The second kappa shape index (κ2) is 6.36. The van der Waals surface area contributed by atoms with Crippen molar-refractivity contribution in [3.05, 3.63) is 59.9 Å². The Balaban J connectivity index is 1.44. The minimum absolute atomic E-state index is 0.000550. The summed E-state index contributed by atoms with van der Waals surface area (Å²) >= 11 is 0. The third-order valence-corrected chi connectivity index (χ3v) is 5.30. The molecule has 4 heteroatoms. The normalized spacial score (nSPS) is 25.5. The van der Waals surface area contributed by atoms with Crippen LogP contribution in [0.15, 0.2) is 48.5 Å². The monoisotopic (exact) mass is 324 g/mol. The number of hydrogen-bond acceptors (Lipinski definition) is 2. The second-order valence-corrected chi connectivity index (χ2v) is 6.80. The van der Waals surface area contributed by atoms with Crippen molar-refractivity contribution in [1.82, 2.24) is 10.2 Å². The van der Waals surface area contributed by atoms with E-state index in [1.165, 1.54) is 38.1 Å². The summed E-state index contributed by atoms with van der Waals surface area (Å²) in [5.74, 6) is 0.379. The van der Waals surface area contributed by atoms with Crippen molar-refractivity contribution in [3.8, 4) is 11.1 Å². The lowest BCUT2D eigenvalue weighted by Crippen LogP contribution is -2.57. The molecule has 0 spiro atoms. The number of amides is 1. The molecule has 0 radical (unpaired) electrons. The Morgan fingerprint density at radius 3 is 2.08 bits per heavy atom. The van der Waals surface area contributed by atoms with E-state index >= 15 is 0 Å². The zero-order valence-corrected chi connectivity index (χ0v) is 13.5. The Bertz CT molecular complexity index is 718. The third kappa shape index (κ3) is 3.06. The second-order valence-electron chi connectivity index (χ2n) is 6.80. The number of piperidine rings is 3. The molecular weight excluding hydrogens is 303 g/mol. The molecule has 3 aliphatic heterocycles. The molecule has 0 aromatic heterocycles. The molecule has 3 aliphatic rings. The molecule has 1 N–H and O–H groups in total. The van der Waals surface area contributed by atoms with Crippen molar-refractivity contribution in [1.29, 1.82) is 0 Å². The summed E-state index contributed by atoms with van der Waals surface area (Å²) in [7, 11) is 0. The highest BCUT2D eigenvalue weighted by molar-refractivity contribution is 5.94. The molecule has 3 nitrogen and oxygen atoms in total. The van der Waals surface area contributed by atoms with Crippen molar-refractivity contribution in [3.63, 3.8) is 0 Å². The Morgan fingerprint density at radius 2 is 1.54 bits per heavy atom. The fourth-order valence-electron chi connectivity index (χ4n) is 3.84. The van der Waals surface area contributed by atoms with E-state index in [0.717, 1.165) is 17.7 Å². The molecule has 1 atom stereocenters.